The Balaban J connectivity index is 2.52. The molecule has 1 rings (SSSR count). The smallest absolute Gasteiger partial charge is 0.309 e. The molecule has 1 N–H and O–H groups in total. The van der Waals surface area contributed by atoms with Crippen molar-refractivity contribution in [1.82, 2.24) is 5.32 Å². The number of hydrogen-bond acceptors (Lipinski definition) is 2. The zero-order valence-corrected chi connectivity index (χ0v) is 11.7. The minimum absolute atomic E-state index is 0.0911. The lowest BCUT2D eigenvalue weighted by molar-refractivity contribution is -0.137. The van der Waals surface area contributed by atoms with Gasteiger partial charge in [-0.1, -0.05) is 18.2 Å². The Kier molecular flexibility index (Phi) is 6.45. The van der Waals surface area contributed by atoms with E-state index in [1.807, 2.05) is 13.0 Å². The summed E-state index contributed by atoms with van der Waals surface area (Å²) in [5.74, 6) is 1.80. The van der Waals surface area contributed by atoms with Crippen molar-refractivity contribution in [2.45, 2.75) is 19.1 Å². The summed E-state index contributed by atoms with van der Waals surface area (Å²) in [5, 5.41) is 3.21. The number of alkyl halides is 3. The van der Waals surface area contributed by atoms with Gasteiger partial charge in [0.25, 0.3) is 0 Å². The van der Waals surface area contributed by atoms with Crippen LogP contribution in [0.2, 0.25) is 0 Å². The summed E-state index contributed by atoms with van der Waals surface area (Å²) >= 11 is 1.74. The summed E-state index contributed by atoms with van der Waals surface area (Å²) < 4.78 is 37.8. The van der Waals surface area contributed by atoms with Crippen LogP contribution in [0.3, 0.4) is 0 Å². The highest BCUT2D eigenvalue weighted by Gasteiger charge is 2.30. The second-order valence-electron chi connectivity index (χ2n) is 4.16. The zero-order chi connectivity index (χ0) is 14.3. The first-order chi connectivity index (χ1) is 8.95. The fraction of sp³-hybridized carbons (Fsp3) is 0.429. The molecule has 1 atom stereocenters. The van der Waals surface area contributed by atoms with Crippen molar-refractivity contribution in [3.63, 3.8) is 0 Å². The second kappa shape index (κ2) is 7.60. The average molecular weight is 289 g/mol. The highest BCUT2D eigenvalue weighted by atomic mass is 32.2. The maximum atomic E-state index is 12.6. The molecule has 5 heteroatoms. The summed E-state index contributed by atoms with van der Waals surface area (Å²) in [7, 11) is 0. The lowest BCUT2D eigenvalue weighted by Crippen LogP contribution is -2.21. The van der Waals surface area contributed by atoms with Gasteiger partial charge in [-0.15, -0.1) is 6.58 Å². The maximum absolute atomic E-state index is 12.6. The number of thioether (sulfide) groups is 1. The van der Waals surface area contributed by atoms with Gasteiger partial charge in [0.2, 0.25) is 0 Å². The summed E-state index contributed by atoms with van der Waals surface area (Å²) in [5.41, 5.74) is 0.0585. The van der Waals surface area contributed by atoms with E-state index in [-0.39, 0.29) is 6.04 Å². The van der Waals surface area contributed by atoms with Gasteiger partial charge in [0.15, 0.2) is 0 Å². The molecule has 0 saturated carbocycles. The van der Waals surface area contributed by atoms with Crippen LogP contribution < -0.4 is 5.32 Å². The van der Waals surface area contributed by atoms with E-state index in [1.165, 1.54) is 12.1 Å². The Morgan fingerprint density at radius 1 is 1.42 bits per heavy atom. The largest absolute Gasteiger partial charge is 0.416 e. The predicted octanol–water partition coefficient (Wildman–Crippen LogP) is 4.28. The van der Waals surface area contributed by atoms with Gasteiger partial charge < -0.3 is 5.32 Å². The summed E-state index contributed by atoms with van der Waals surface area (Å²) in [6, 6.07) is 5.36. The minimum atomic E-state index is -4.28. The molecule has 0 aromatic heterocycles. The first-order valence-electron chi connectivity index (χ1n) is 6.04. The van der Waals surface area contributed by atoms with E-state index in [4.69, 9.17) is 0 Å². The lowest BCUT2D eigenvalue weighted by atomic mass is 10.1. The van der Waals surface area contributed by atoms with E-state index in [2.05, 4.69) is 11.9 Å². The highest BCUT2D eigenvalue weighted by molar-refractivity contribution is 7.99. The Morgan fingerprint density at radius 3 is 2.79 bits per heavy atom. The Morgan fingerprint density at radius 2 is 2.16 bits per heavy atom. The summed E-state index contributed by atoms with van der Waals surface area (Å²) in [6.07, 6.45) is -2.45. The van der Waals surface area contributed by atoms with Crippen molar-refractivity contribution in [3.05, 3.63) is 48.0 Å². The Labute approximate surface area is 116 Å². The lowest BCUT2D eigenvalue weighted by Gasteiger charge is -2.16. The summed E-state index contributed by atoms with van der Waals surface area (Å²) in [4.78, 5) is 0. The molecule has 0 amide bonds. The quantitative estimate of drug-likeness (QED) is 0.594. The fourth-order valence-corrected chi connectivity index (χ4v) is 2.21. The number of benzene rings is 1. The van der Waals surface area contributed by atoms with E-state index in [9.17, 15) is 13.2 Å². The Hall–Kier alpha value is -0.940. The number of halogens is 3. The van der Waals surface area contributed by atoms with Crippen molar-refractivity contribution in [2.75, 3.05) is 18.1 Å². The first-order valence-corrected chi connectivity index (χ1v) is 7.20. The van der Waals surface area contributed by atoms with Crippen LogP contribution in [0.4, 0.5) is 13.2 Å². The molecular formula is C14H18F3NS. The van der Waals surface area contributed by atoms with Crippen LogP contribution in [0.5, 0.6) is 0 Å². The normalized spacial score (nSPS) is 13.3. The predicted molar refractivity (Wildman–Crippen MR) is 75.4 cm³/mol. The van der Waals surface area contributed by atoms with Gasteiger partial charge in [-0.3, -0.25) is 0 Å². The third-order valence-corrected chi connectivity index (χ3v) is 3.61. The van der Waals surface area contributed by atoms with E-state index < -0.39 is 11.7 Å². The van der Waals surface area contributed by atoms with Crippen molar-refractivity contribution >= 4 is 11.8 Å². The van der Waals surface area contributed by atoms with E-state index in [0.29, 0.717) is 5.56 Å². The molecule has 0 fully saturated rings. The van der Waals surface area contributed by atoms with Crippen molar-refractivity contribution < 1.29 is 13.2 Å². The molecule has 1 aromatic rings. The van der Waals surface area contributed by atoms with Crippen LogP contribution in [-0.4, -0.2) is 18.1 Å². The molecule has 106 valence electrons. The van der Waals surface area contributed by atoms with Gasteiger partial charge in [0.1, 0.15) is 0 Å². The molecule has 0 heterocycles. The van der Waals surface area contributed by atoms with Gasteiger partial charge in [-0.05, 0) is 24.6 Å². The van der Waals surface area contributed by atoms with Crippen molar-refractivity contribution in [3.8, 4) is 0 Å². The zero-order valence-electron chi connectivity index (χ0n) is 10.8. The molecule has 0 bridgehead atoms. The van der Waals surface area contributed by atoms with E-state index in [0.717, 1.165) is 24.1 Å². The monoisotopic (exact) mass is 289 g/mol. The molecule has 0 radical (unpaired) electrons. The van der Waals surface area contributed by atoms with Crippen molar-refractivity contribution in [1.29, 1.82) is 0 Å². The molecule has 0 saturated heterocycles. The van der Waals surface area contributed by atoms with Gasteiger partial charge in [-0.2, -0.15) is 24.9 Å². The molecule has 0 aliphatic heterocycles. The SMILES string of the molecule is C=CCSCCNC(C)c1cccc(C(F)(F)F)c1. The molecule has 19 heavy (non-hydrogen) atoms. The standard InChI is InChI=1S/C14H18F3NS/c1-3-8-19-9-7-18-11(2)12-5-4-6-13(10-12)14(15,16)17/h3-6,10-11,18H,1,7-9H2,2H3. The Bertz CT molecular complexity index is 404. The van der Waals surface area contributed by atoms with Crippen LogP contribution in [0.25, 0.3) is 0 Å². The number of rotatable bonds is 7. The van der Waals surface area contributed by atoms with Gasteiger partial charge >= 0.3 is 6.18 Å². The summed E-state index contributed by atoms with van der Waals surface area (Å²) in [6.45, 7) is 6.25. The maximum Gasteiger partial charge on any atom is 0.416 e. The van der Waals surface area contributed by atoms with Gasteiger partial charge in [0.05, 0.1) is 5.56 Å². The molecule has 0 aliphatic rings. The molecule has 0 spiro atoms. The molecule has 1 unspecified atom stereocenters. The average Bonchev–Trinajstić information content (AvgIpc) is 2.37. The highest BCUT2D eigenvalue weighted by Crippen LogP contribution is 2.30. The van der Waals surface area contributed by atoms with E-state index >= 15 is 0 Å². The number of nitrogens with one attached hydrogen (secondary N) is 1. The molecular weight excluding hydrogens is 271 g/mol. The van der Waals surface area contributed by atoms with Crippen molar-refractivity contribution in [2.24, 2.45) is 0 Å². The van der Waals surface area contributed by atoms with Gasteiger partial charge in [-0.25, -0.2) is 0 Å². The van der Waals surface area contributed by atoms with Crippen LogP contribution in [0.1, 0.15) is 24.1 Å². The van der Waals surface area contributed by atoms with Crippen LogP contribution in [-0.2, 0) is 6.18 Å². The second-order valence-corrected chi connectivity index (χ2v) is 5.31. The molecule has 0 aliphatic carbocycles. The topological polar surface area (TPSA) is 12.0 Å². The fourth-order valence-electron chi connectivity index (χ4n) is 1.62. The van der Waals surface area contributed by atoms with Crippen LogP contribution in [0.15, 0.2) is 36.9 Å². The first kappa shape index (κ1) is 16.1. The molecule has 1 nitrogen and oxygen atoms in total. The third kappa shape index (κ3) is 5.70. The number of hydrogen-bond donors (Lipinski definition) is 1. The van der Waals surface area contributed by atoms with Crippen LogP contribution in [0, 0.1) is 0 Å². The van der Waals surface area contributed by atoms with E-state index in [1.54, 1.807) is 17.8 Å². The molecule has 1 aromatic carbocycles. The minimum Gasteiger partial charge on any atom is -0.309 e. The van der Waals surface area contributed by atoms with Crippen LogP contribution >= 0.6 is 11.8 Å². The third-order valence-electron chi connectivity index (χ3n) is 2.65. The van der Waals surface area contributed by atoms with Gasteiger partial charge in [0, 0.05) is 24.1 Å².